The van der Waals surface area contributed by atoms with Gasteiger partial charge in [-0.2, -0.15) is 0 Å². The minimum atomic E-state index is 0.228. The molecule has 0 saturated heterocycles. The molecule has 1 atom stereocenters. The largest absolute Gasteiger partial charge is 0.378 e. The summed E-state index contributed by atoms with van der Waals surface area (Å²) < 4.78 is 0. The summed E-state index contributed by atoms with van der Waals surface area (Å²) in [5.41, 5.74) is 3.09. The topological polar surface area (TPSA) is 12.0 Å². The van der Waals surface area contributed by atoms with Gasteiger partial charge in [-0.15, -0.1) is 6.42 Å². The molecule has 0 fully saturated rings. The van der Waals surface area contributed by atoms with Crippen LogP contribution in [0.15, 0.2) is 48.5 Å². The minimum Gasteiger partial charge on any atom is -0.378 e. The summed E-state index contributed by atoms with van der Waals surface area (Å²) in [5.74, 6) is 2.65. The lowest BCUT2D eigenvalue weighted by Crippen LogP contribution is -2.09. The average molecular weight is 270 g/mol. The Kier molecular flexibility index (Phi) is 4.49. The van der Waals surface area contributed by atoms with E-state index in [0.29, 0.717) is 0 Å². The Morgan fingerprint density at radius 1 is 1.21 bits per heavy atom. The minimum absolute atomic E-state index is 0.228. The Morgan fingerprint density at radius 3 is 2.68 bits per heavy atom. The van der Waals surface area contributed by atoms with E-state index in [1.165, 1.54) is 5.56 Å². The molecule has 2 aromatic carbocycles. The van der Waals surface area contributed by atoms with Crippen molar-refractivity contribution in [3.8, 4) is 12.3 Å². The van der Waals surface area contributed by atoms with E-state index in [1.807, 2.05) is 42.5 Å². The van der Waals surface area contributed by atoms with Crippen LogP contribution in [0.2, 0.25) is 5.02 Å². The smallest absolute Gasteiger partial charge is 0.0511 e. The third-order valence-corrected chi connectivity index (χ3v) is 3.26. The molecule has 0 bridgehead atoms. The van der Waals surface area contributed by atoms with Gasteiger partial charge in [-0.1, -0.05) is 42.6 Å². The van der Waals surface area contributed by atoms with Crippen LogP contribution in [0.4, 0.5) is 5.69 Å². The lowest BCUT2D eigenvalue weighted by Gasteiger charge is -2.19. The van der Waals surface area contributed by atoms with Gasteiger partial charge in [-0.25, -0.2) is 0 Å². The summed E-state index contributed by atoms with van der Waals surface area (Å²) in [6.07, 6.45) is 6.39. The van der Waals surface area contributed by atoms with Gasteiger partial charge in [-0.05, 0) is 42.3 Å². The molecule has 0 heterocycles. The lowest BCUT2D eigenvalue weighted by atomic mass is 10.0. The molecule has 19 heavy (non-hydrogen) atoms. The molecule has 0 spiro atoms. The van der Waals surface area contributed by atoms with Gasteiger partial charge in [0.1, 0.15) is 0 Å². The first-order valence-electron chi connectivity index (χ1n) is 6.31. The third-order valence-electron chi connectivity index (χ3n) is 3.03. The Hall–Kier alpha value is -1.91. The van der Waals surface area contributed by atoms with Crippen LogP contribution in [-0.4, -0.2) is 0 Å². The van der Waals surface area contributed by atoms with Crippen LogP contribution in [0.1, 0.15) is 30.5 Å². The van der Waals surface area contributed by atoms with E-state index in [4.69, 9.17) is 18.0 Å². The summed E-state index contributed by atoms with van der Waals surface area (Å²) in [6, 6.07) is 16.0. The van der Waals surface area contributed by atoms with E-state index in [0.717, 1.165) is 22.7 Å². The predicted molar refractivity (Wildman–Crippen MR) is 82.5 cm³/mol. The Labute approximate surface area is 119 Å². The van der Waals surface area contributed by atoms with Gasteiger partial charge in [0.05, 0.1) is 6.04 Å². The number of rotatable bonds is 4. The van der Waals surface area contributed by atoms with Crippen LogP contribution < -0.4 is 5.32 Å². The fraction of sp³-hybridized carbons (Fsp3) is 0.176. The van der Waals surface area contributed by atoms with Crippen LogP contribution in [0.5, 0.6) is 0 Å². The summed E-state index contributed by atoms with van der Waals surface area (Å²) in [4.78, 5) is 0. The first-order chi connectivity index (χ1) is 9.22. The monoisotopic (exact) mass is 269 g/mol. The molecule has 1 nitrogen and oxygen atoms in total. The zero-order chi connectivity index (χ0) is 13.7. The highest BCUT2D eigenvalue weighted by Crippen LogP contribution is 2.25. The highest BCUT2D eigenvalue weighted by molar-refractivity contribution is 6.30. The van der Waals surface area contributed by atoms with E-state index in [-0.39, 0.29) is 6.04 Å². The number of nitrogens with one attached hydrogen (secondary N) is 1. The van der Waals surface area contributed by atoms with Crippen LogP contribution in [0, 0.1) is 12.3 Å². The number of hydrogen-bond donors (Lipinski definition) is 1. The molecule has 0 aliphatic carbocycles. The maximum atomic E-state index is 6.04. The first kappa shape index (κ1) is 13.5. The predicted octanol–water partition coefficient (Wildman–Crippen LogP) is 4.88. The molecule has 0 saturated carbocycles. The van der Waals surface area contributed by atoms with Crippen molar-refractivity contribution in [3.05, 3.63) is 64.7 Å². The van der Waals surface area contributed by atoms with Gasteiger partial charge >= 0.3 is 0 Å². The molecule has 1 unspecified atom stereocenters. The molecule has 0 aliphatic heterocycles. The second kappa shape index (κ2) is 6.31. The van der Waals surface area contributed by atoms with Gasteiger partial charge in [-0.3, -0.25) is 0 Å². The number of hydrogen-bond acceptors (Lipinski definition) is 1. The summed E-state index contributed by atoms with van der Waals surface area (Å²) in [7, 11) is 0. The summed E-state index contributed by atoms with van der Waals surface area (Å²) >= 11 is 6.04. The molecule has 0 aromatic heterocycles. The average Bonchev–Trinajstić information content (AvgIpc) is 2.45. The van der Waals surface area contributed by atoms with Crippen molar-refractivity contribution in [1.82, 2.24) is 0 Å². The van der Waals surface area contributed by atoms with Crippen molar-refractivity contribution in [3.63, 3.8) is 0 Å². The van der Waals surface area contributed by atoms with Gasteiger partial charge in [0.15, 0.2) is 0 Å². The molecule has 2 aromatic rings. The second-order valence-electron chi connectivity index (χ2n) is 4.39. The fourth-order valence-corrected chi connectivity index (χ4v) is 2.24. The molecule has 2 rings (SSSR count). The van der Waals surface area contributed by atoms with Crippen LogP contribution in [0.25, 0.3) is 0 Å². The number of halogens is 1. The lowest BCUT2D eigenvalue weighted by molar-refractivity contribution is 0.749. The second-order valence-corrected chi connectivity index (χ2v) is 4.82. The normalized spacial score (nSPS) is 11.6. The van der Waals surface area contributed by atoms with Crippen molar-refractivity contribution in [2.24, 2.45) is 0 Å². The van der Waals surface area contributed by atoms with E-state index < -0.39 is 0 Å². The van der Waals surface area contributed by atoms with Crippen LogP contribution in [-0.2, 0) is 0 Å². The maximum absolute atomic E-state index is 6.04. The van der Waals surface area contributed by atoms with Gasteiger partial charge in [0, 0.05) is 16.3 Å². The Morgan fingerprint density at radius 2 is 2.00 bits per heavy atom. The first-order valence-corrected chi connectivity index (χ1v) is 6.69. The highest BCUT2D eigenvalue weighted by Gasteiger charge is 2.09. The van der Waals surface area contributed by atoms with Gasteiger partial charge in [0.25, 0.3) is 0 Å². The Balaban J connectivity index is 2.21. The molecule has 1 N–H and O–H groups in total. The van der Waals surface area contributed by atoms with Crippen molar-refractivity contribution in [2.45, 2.75) is 19.4 Å². The Bertz CT molecular complexity index is 598. The van der Waals surface area contributed by atoms with E-state index in [2.05, 4.69) is 24.2 Å². The molecule has 0 aliphatic rings. The number of benzene rings is 2. The zero-order valence-electron chi connectivity index (χ0n) is 10.9. The maximum Gasteiger partial charge on any atom is 0.0511 e. The quantitative estimate of drug-likeness (QED) is 0.780. The molecule has 0 amide bonds. The van der Waals surface area contributed by atoms with E-state index >= 15 is 0 Å². The summed E-state index contributed by atoms with van der Waals surface area (Å²) in [5, 5.41) is 4.25. The van der Waals surface area contributed by atoms with Crippen LogP contribution in [0.3, 0.4) is 0 Å². The van der Waals surface area contributed by atoms with Crippen molar-refractivity contribution >= 4 is 17.3 Å². The molecular formula is C17H16ClN. The van der Waals surface area contributed by atoms with Gasteiger partial charge < -0.3 is 5.32 Å². The van der Waals surface area contributed by atoms with Crippen molar-refractivity contribution in [1.29, 1.82) is 0 Å². The van der Waals surface area contributed by atoms with Crippen molar-refractivity contribution in [2.75, 3.05) is 5.32 Å². The highest BCUT2D eigenvalue weighted by atomic mass is 35.5. The number of anilines is 1. The SMILES string of the molecule is C#Cc1cccc(NC(CC)c2cccc(Cl)c2)c1. The molecule has 2 heteroatoms. The number of terminal acetylenes is 1. The fourth-order valence-electron chi connectivity index (χ4n) is 2.04. The third kappa shape index (κ3) is 3.53. The van der Waals surface area contributed by atoms with E-state index in [9.17, 15) is 0 Å². The van der Waals surface area contributed by atoms with E-state index in [1.54, 1.807) is 0 Å². The molecular weight excluding hydrogens is 254 g/mol. The van der Waals surface area contributed by atoms with Crippen LogP contribution >= 0.6 is 11.6 Å². The molecule has 0 radical (unpaired) electrons. The molecule has 96 valence electrons. The summed E-state index contributed by atoms with van der Waals surface area (Å²) in [6.45, 7) is 2.14. The standard InChI is InChI=1S/C17H16ClN/c1-3-13-7-5-10-16(11-13)19-17(4-2)14-8-6-9-15(18)12-14/h1,5-12,17,19H,4H2,2H3. The van der Waals surface area contributed by atoms with Crippen molar-refractivity contribution < 1.29 is 0 Å². The van der Waals surface area contributed by atoms with Gasteiger partial charge in [0.2, 0.25) is 0 Å². The zero-order valence-corrected chi connectivity index (χ0v) is 11.6.